The monoisotopic (exact) mass is 284 g/mol. The third-order valence-corrected chi connectivity index (χ3v) is 3.36. The molecular formula is C16H20N4O. The fraction of sp³-hybridized carbons (Fsp3) is 0.312. The van der Waals surface area contributed by atoms with Crippen LogP contribution in [-0.2, 0) is 6.42 Å². The average Bonchev–Trinajstić information content (AvgIpc) is 2.45. The Morgan fingerprint density at radius 2 is 2.00 bits per heavy atom. The standard InChI is InChI=1S/C16H20N4O/c1-3-4-5-12-6-8-13(9-7-12)20-11(2)10-14(21)15(19-20)16(17)18/h6-10H,3-5H2,1-2H3,(H3,17,18). The fourth-order valence-electron chi connectivity index (χ4n) is 2.18. The summed E-state index contributed by atoms with van der Waals surface area (Å²) in [6, 6.07) is 9.53. The van der Waals surface area contributed by atoms with Gasteiger partial charge in [-0.15, -0.1) is 0 Å². The minimum Gasteiger partial charge on any atom is -0.382 e. The molecule has 0 atom stereocenters. The Bertz CT molecular complexity index is 701. The molecule has 0 radical (unpaired) electrons. The van der Waals surface area contributed by atoms with Crippen molar-refractivity contribution < 1.29 is 0 Å². The molecule has 0 unspecified atom stereocenters. The first-order valence-electron chi connectivity index (χ1n) is 7.07. The van der Waals surface area contributed by atoms with Gasteiger partial charge in [0.1, 0.15) is 5.84 Å². The maximum Gasteiger partial charge on any atom is 0.211 e. The van der Waals surface area contributed by atoms with Gasteiger partial charge >= 0.3 is 0 Å². The Balaban J connectivity index is 2.39. The fourth-order valence-corrected chi connectivity index (χ4v) is 2.18. The number of rotatable bonds is 5. The summed E-state index contributed by atoms with van der Waals surface area (Å²) in [4.78, 5) is 11.7. The minimum atomic E-state index is -0.323. The van der Waals surface area contributed by atoms with Crippen molar-refractivity contribution in [2.45, 2.75) is 33.1 Å². The number of hydrogen-bond donors (Lipinski definition) is 2. The summed E-state index contributed by atoms with van der Waals surface area (Å²) in [5.41, 5.74) is 7.91. The van der Waals surface area contributed by atoms with E-state index in [-0.39, 0.29) is 17.0 Å². The molecule has 2 aromatic rings. The van der Waals surface area contributed by atoms with Crippen molar-refractivity contribution in [1.29, 1.82) is 5.41 Å². The lowest BCUT2D eigenvalue weighted by atomic mass is 10.1. The molecule has 1 aromatic heterocycles. The molecule has 1 aromatic carbocycles. The maximum atomic E-state index is 11.7. The summed E-state index contributed by atoms with van der Waals surface area (Å²) in [7, 11) is 0. The van der Waals surface area contributed by atoms with Crippen LogP contribution in [0.2, 0.25) is 0 Å². The van der Waals surface area contributed by atoms with E-state index in [9.17, 15) is 4.79 Å². The number of nitrogen functional groups attached to an aromatic ring is 1. The number of nitrogens with zero attached hydrogens (tertiary/aromatic N) is 2. The summed E-state index contributed by atoms with van der Waals surface area (Å²) in [6.07, 6.45) is 3.40. The number of benzene rings is 1. The topological polar surface area (TPSA) is 84.8 Å². The smallest absolute Gasteiger partial charge is 0.211 e. The van der Waals surface area contributed by atoms with E-state index in [1.807, 2.05) is 19.1 Å². The largest absolute Gasteiger partial charge is 0.382 e. The Hall–Kier alpha value is -2.43. The van der Waals surface area contributed by atoms with Crippen LogP contribution >= 0.6 is 0 Å². The normalized spacial score (nSPS) is 10.6. The Morgan fingerprint density at radius 1 is 1.33 bits per heavy atom. The Morgan fingerprint density at radius 3 is 2.57 bits per heavy atom. The average molecular weight is 284 g/mol. The maximum absolute atomic E-state index is 11.7. The number of nitrogens with one attached hydrogen (secondary N) is 1. The van der Waals surface area contributed by atoms with Crippen LogP contribution in [0.3, 0.4) is 0 Å². The predicted molar refractivity (Wildman–Crippen MR) is 84.2 cm³/mol. The van der Waals surface area contributed by atoms with Crippen LogP contribution in [0, 0.1) is 12.3 Å². The van der Waals surface area contributed by atoms with Gasteiger partial charge in [-0.2, -0.15) is 5.10 Å². The van der Waals surface area contributed by atoms with E-state index < -0.39 is 0 Å². The lowest BCUT2D eigenvalue weighted by molar-refractivity contribution is 0.783. The van der Waals surface area contributed by atoms with Gasteiger partial charge in [-0.25, -0.2) is 4.68 Å². The second kappa shape index (κ2) is 6.35. The molecule has 0 spiro atoms. The third kappa shape index (κ3) is 3.37. The van der Waals surface area contributed by atoms with Crippen LogP contribution in [-0.4, -0.2) is 15.6 Å². The third-order valence-electron chi connectivity index (χ3n) is 3.36. The molecule has 0 aliphatic rings. The van der Waals surface area contributed by atoms with Gasteiger partial charge in [0.15, 0.2) is 5.69 Å². The molecule has 3 N–H and O–H groups in total. The molecule has 0 aliphatic heterocycles. The summed E-state index contributed by atoms with van der Waals surface area (Å²) in [5, 5.41) is 11.6. The van der Waals surface area contributed by atoms with Crippen molar-refractivity contribution in [3.05, 3.63) is 57.5 Å². The number of amidine groups is 1. The first-order valence-corrected chi connectivity index (χ1v) is 7.07. The summed E-state index contributed by atoms with van der Waals surface area (Å²) in [5.74, 6) is -0.312. The highest BCUT2D eigenvalue weighted by Gasteiger charge is 2.09. The first-order chi connectivity index (χ1) is 10.0. The number of nitrogens with two attached hydrogens (primary N) is 1. The zero-order chi connectivity index (χ0) is 15.4. The summed E-state index contributed by atoms with van der Waals surface area (Å²) in [6.45, 7) is 3.98. The van der Waals surface area contributed by atoms with Crippen LogP contribution in [0.4, 0.5) is 0 Å². The number of unbranched alkanes of at least 4 members (excludes halogenated alkanes) is 1. The van der Waals surface area contributed by atoms with Crippen molar-refractivity contribution in [2.24, 2.45) is 5.73 Å². The molecule has 5 nitrogen and oxygen atoms in total. The summed E-state index contributed by atoms with van der Waals surface area (Å²) >= 11 is 0. The van der Waals surface area contributed by atoms with E-state index in [1.165, 1.54) is 24.5 Å². The van der Waals surface area contributed by atoms with Crippen LogP contribution in [0.25, 0.3) is 5.69 Å². The van der Waals surface area contributed by atoms with E-state index in [0.717, 1.165) is 12.1 Å². The van der Waals surface area contributed by atoms with Gasteiger partial charge in [0.25, 0.3) is 0 Å². The van der Waals surface area contributed by atoms with Gasteiger partial charge in [0.2, 0.25) is 5.43 Å². The molecule has 21 heavy (non-hydrogen) atoms. The zero-order valence-corrected chi connectivity index (χ0v) is 12.4. The van der Waals surface area contributed by atoms with Gasteiger partial charge < -0.3 is 5.73 Å². The minimum absolute atomic E-state index is 0.0179. The molecule has 110 valence electrons. The van der Waals surface area contributed by atoms with Crippen molar-refractivity contribution >= 4 is 5.84 Å². The van der Waals surface area contributed by atoms with E-state index in [2.05, 4.69) is 24.2 Å². The Labute approximate surface area is 123 Å². The highest BCUT2D eigenvalue weighted by Crippen LogP contribution is 2.12. The van der Waals surface area contributed by atoms with Gasteiger partial charge in [0.05, 0.1) is 5.69 Å². The first kappa shape index (κ1) is 15.0. The van der Waals surface area contributed by atoms with Crippen molar-refractivity contribution in [3.63, 3.8) is 0 Å². The molecule has 0 aliphatic carbocycles. The molecular weight excluding hydrogens is 264 g/mol. The highest BCUT2D eigenvalue weighted by molar-refractivity contribution is 5.92. The molecule has 0 saturated heterocycles. The van der Waals surface area contributed by atoms with Crippen LogP contribution < -0.4 is 11.2 Å². The van der Waals surface area contributed by atoms with Crippen LogP contribution in [0.1, 0.15) is 36.7 Å². The second-order valence-corrected chi connectivity index (χ2v) is 5.09. The SMILES string of the molecule is CCCCc1ccc(-n2nc(C(=N)N)c(=O)cc2C)cc1. The van der Waals surface area contributed by atoms with E-state index >= 15 is 0 Å². The molecule has 0 saturated carbocycles. The molecule has 5 heteroatoms. The van der Waals surface area contributed by atoms with Gasteiger partial charge in [-0.1, -0.05) is 25.5 Å². The molecule has 0 amide bonds. The molecule has 1 heterocycles. The molecule has 0 bridgehead atoms. The van der Waals surface area contributed by atoms with Gasteiger partial charge in [0, 0.05) is 11.8 Å². The summed E-state index contributed by atoms with van der Waals surface area (Å²) < 4.78 is 1.64. The lowest BCUT2D eigenvalue weighted by Gasteiger charge is -2.11. The van der Waals surface area contributed by atoms with Crippen LogP contribution in [0.5, 0.6) is 0 Å². The quantitative estimate of drug-likeness (QED) is 0.652. The number of hydrogen-bond acceptors (Lipinski definition) is 3. The van der Waals surface area contributed by atoms with E-state index in [4.69, 9.17) is 11.1 Å². The predicted octanol–water partition coefficient (Wildman–Crippen LogP) is 2.17. The molecule has 0 fully saturated rings. The van der Waals surface area contributed by atoms with E-state index in [0.29, 0.717) is 5.69 Å². The van der Waals surface area contributed by atoms with Gasteiger partial charge in [-0.3, -0.25) is 10.2 Å². The number of aryl methyl sites for hydroxylation is 2. The Kier molecular flexibility index (Phi) is 4.52. The van der Waals surface area contributed by atoms with Crippen molar-refractivity contribution in [2.75, 3.05) is 0 Å². The lowest BCUT2D eigenvalue weighted by Crippen LogP contribution is -2.27. The van der Waals surface area contributed by atoms with Gasteiger partial charge in [-0.05, 0) is 37.5 Å². The second-order valence-electron chi connectivity index (χ2n) is 5.09. The van der Waals surface area contributed by atoms with Crippen molar-refractivity contribution in [1.82, 2.24) is 9.78 Å². The van der Waals surface area contributed by atoms with Crippen LogP contribution in [0.15, 0.2) is 35.1 Å². The highest BCUT2D eigenvalue weighted by atomic mass is 16.1. The van der Waals surface area contributed by atoms with Crippen molar-refractivity contribution in [3.8, 4) is 5.69 Å². The molecule has 2 rings (SSSR count). The zero-order valence-electron chi connectivity index (χ0n) is 12.4. The van der Waals surface area contributed by atoms with E-state index in [1.54, 1.807) is 4.68 Å². The number of aromatic nitrogens is 2.